The highest BCUT2D eigenvalue weighted by atomic mass is 35.5. The number of carbonyl (C=O) groups excluding carboxylic acids is 2. The molecule has 0 spiro atoms. The minimum absolute atomic E-state index is 0. The van der Waals surface area contributed by atoms with E-state index in [1.54, 1.807) is 6.92 Å². The maximum Gasteiger partial charge on any atom is 0.240 e. The van der Waals surface area contributed by atoms with Gasteiger partial charge in [-0.1, -0.05) is 13.8 Å². The zero-order valence-electron chi connectivity index (χ0n) is 13.2. The molecule has 2 unspecified atom stereocenters. The largest absolute Gasteiger partial charge is 0.351 e. The number of nitrogens with two attached hydrogens (primary N) is 1. The monoisotopic (exact) mass is 355 g/mol. The van der Waals surface area contributed by atoms with E-state index in [0.29, 0.717) is 13.0 Å². The summed E-state index contributed by atoms with van der Waals surface area (Å²) in [7, 11) is -3.03. The van der Waals surface area contributed by atoms with E-state index >= 15 is 0 Å². The fraction of sp³-hybridized carbons (Fsp3) is 0.846. The summed E-state index contributed by atoms with van der Waals surface area (Å²) in [5.74, 6) is -0.531. The van der Waals surface area contributed by atoms with Crippen LogP contribution >= 0.6 is 12.4 Å². The third-order valence-corrected chi connectivity index (χ3v) is 5.40. The molecular formula is C13H26ClN3O4S. The van der Waals surface area contributed by atoms with Crippen LogP contribution in [0.2, 0.25) is 0 Å². The van der Waals surface area contributed by atoms with Gasteiger partial charge in [0.25, 0.3) is 0 Å². The standard InChI is InChI=1S/C13H25N3O4S.ClH/c1-4-16(13(18)12(14)9(2)3)7-11(17)15-10-5-6-21(19,20)8-10;/h9-10,12H,4-8,14H2,1-3H3,(H,15,17);1H. The maximum atomic E-state index is 12.1. The van der Waals surface area contributed by atoms with Crippen molar-refractivity contribution in [2.75, 3.05) is 24.6 Å². The van der Waals surface area contributed by atoms with Gasteiger partial charge in [-0.2, -0.15) is 0 Å². The van der Waals surface area contributed by atoms with Crippen molar-refractivity contribution in [1.82, 2.24) is 10.2 Å². The Kier molecular flexibility index (Phi) is 8.35. The van der Waals surface area contributed by atoms with Crippen molar-refractivity contribution in [2.24, 2.45) is 11.7 Å². The van der Waals surface area contributed by atoms with E-state index in [0.717, 1.165) is 0 Å². The summed E-state index contributed by atoms with van der Waals surface area (Å²) < 4.78 is 22.7. The molecule has 0 radical (unpaired) electrons. The Bertz CT molecular complexity index is 496. The minimum Gasteiger partial charge on any atom is -0.351 e. The van der Waals surface area contributed by atoms with Crippen LogP contribution in [-0.4, -0.2) is 61.8 Å². The second kappa shape index (κ2) is 8.69. The lowest BCUT2D eigenvalue weighted by Crippen LogP contribution is -2.50. The molecule has 0 aromatic carbocycles. The highest BCUT2D eigenvalue weighted by Crippen LogP contribution is 2.11. The fourth-order valence-electron chi connectivity index (χ4n) is 2.20. The molecule has 130 valence electrons. The zero-order chi connectivity index (χ0) is 16.2. The molecule has 1 rings (SSSR count). The predicted octanol–water partition coefficient (Wildman–Crippen LogP) is -0.457. The summed E-state index contributed by atoms with van der Waals surface area (Å²) in [5, 5.41) is 2.67. The summed E-state index contributed by atoms with van der Waals surface area (Å²) >= 11 is 0. The van der Waals surface area contributed by atoms with Crippen LogP contribution in [0.3, 0.4) is 0 Å². The molecule has 2 atom stereocenters. The lowest BCUT2D eigenvalue weighted by atomic mass is 10.0. The van der Waals surface area contributed by atoms with E-state index in [1.165, 1.54) is 4.90 Å². The number of carbonyl (C=O) groups is 2. The predicted molar refractivity (Wildman–Crippen MR) is 87.5 cm³/mol. The van der Waals surface area contributed by atoms with Crippen molar-refractivity contribution < 1.29 is 18.0 Å². The summed E-state index contributed by atoms with van der Waals surface area (Å²) in [6.45, 7) is 5.76. The molecule has 1 aliphatic rings. The topological polar surface area (TPSA) is 110 Å². The van der Waals surface area contributed by atoms with Crippen molar-refractivity contribution >= 4 is 34.1 Å². The van der Waals surface area contributed by atoms with Gasteiger partial charge in [0.1, 0.15) is 0 Å². The Morgan fingerprint density at radius 3 is 2.36 bits per heavy atom. The molecule has 3 N–H and O–H groups in total. The number of nitrogens with zero attached hydrogens (tertiary/aromatic N) is 1. The molecule has 0 bridgehead atoms. The zero-order valence-corrected chi connectivity index (χ0v) is 14.9. The number of hydrogen-bond acceptors (Lipinski definition) is 5. The van der Waals surface area contributed by atoms with Gasteiger partial charge in [-0.25, -0.2) is 8.42 Å². The smallest absolute Gasteiger partial charge is 0.240 e. The average Bonchev–Trinajstić information content (AvgIpc) is 2.73. The molecule has 1 fully saturated rings. The molecule has 0 saturated carbocycles. The highest BCUT2D eigenvalue weighted by Gasteiger charge is 2.30. The van der Waals surface area contributed by atoms with Gasteiger partial charge in [0.05, 0.1) is 24.1 Å². The van der Waals surface area contributed by atoms with Gasteiger partial charge >= 0.3 is 0 Å². The van der Waals surface area contributed by atoms with E-state index < -0.39 is 15.9 Å². The maximum absolute atomic E-state index is 12.1. The molecule has 7 nitrogen and oxygen atoms in total. The van der Waals surface area contributed by atoms with Crippen LogP contribution in [0.15, 0.2) is 0 Å². The number of hydrogen-bond donors (Lipinski definition) is 2. The van der Waals surface area contributed by atoms with Crippen molar-refractivity contribution in [3.05, 3.63) is 0 Å². The van der Waals surface area contributed by atoms with Crippen LogP contribution in [-0.2, 0) is 19.4 Å². The number of sulfone groups is 1. The molecule has 0 aliphatic carbocycles. The average molecular weight is 356 g/mol. The van der Waals surface area contributed by atoms with E-state index in [-0.39, 0.29) is 54.2 Å². The van der Waals surface area contributed by atoms with Crippen molar-refractivity contribution in [3.63, 3.8) is 0 Å². The van der Waals surface area contributed by atoms with Crippen LogP contribution in [0, 0.1) is 5.92 Å². The lowest BCUT2D eigenvalue weighted by molar-refractivity contribution is -0.137. The first-order valence-electron chi connectivity index (χ1n) is 7.20. The Balaban J connectivity index is 0.00000441. The van der Waals surface area contributed by atoms with Gasteiger partial charge < -0.3 is 16.0 Å². The van der Waals surface area contributed by atoms with E-state index in [4.69, 9.17) is 5.73 Å². The van der Waals surface area contributed by atoms with Crippen LogP contribution in [0.1, 0.15) is 27.2 Å². The normalized spacial score (nSPS) is 21.0. The fourth-order valence-corrected chi connectivity index (χ4v) is 3.87. The van der Waals surface area contributed by atoms with Gasteiger partial charge in [-0.15, -0.1) is 12.4 Å². The summed E-state index contributed by atoms with van der Waals surface area (Å²) in [6, 6.07) is -0.986. The molecule has 1 aliphatic heterocycles. The Morgan fingerprint density at radius 1 is 1.36 bits per heavy atom. The van der Waals surface area contributed by atoms with Crippen LogP contribution in [0.25, 0.3) is 0 Å². The van der Waals surface area contributed by atoms with Gasteiger partial charge in [0, 0.05) is 12.6 Å². The SMILES string of the molecule is CCN(CC(=O)NC1CCS(=O)(=O)C1)C(=O)C(N)C(C)C.Cl. The molecule has 0 aromatic rings. The number of likely N-dealkylation sites (N-methyl/N-ethyl adjacent to an activating group) is 1. The summed E-state index contributed by atoms with van der Waals surface area (Å²) in [4.78, 5) is 25.4. The van der Waals surface area contributed by atoms with Gasteiger partial charge in [-0.3, -0.25) is 9.59 Å². The second-order valence-corrected chi connectivity index (χ2v) is 8.02. The number of amides is 2. The quantitative estimate of drug-likeness (QED) is 0.670. The number of halogens is 1. The third kappa shape index (κ3) is 6.10. The van der Waals surface area contributed by atoms with E-state index in [2.05, 4.69) is 5.32 Å². The lowest BCUT2D eigenvalue weighted by Gasteiger charge is -2.26. The molecule has 2 amide bonds. The van der Waals surface area contributed by atoms with E-state index in [9.17, 15) is 18.0 Å². The van der Waals surface area contributed by atoms with Gasteiger partial charge in [0.15, 0.2) is 9.84 Å². The van der Waals surface area contributed by atoms with Crippen molar-refractivity contribution in [3.8, 4) is 0 Å². The first-order chi connectivity index (χ1) is 9.66. The Labute approximate surface area is 138 Å². The first kappa shape index (κ1) is 21.1. The van der Waals surface area contributed by atoms with Crippen molar-refractivity contribution in [1.29, 1.82) is 0 Å². The summed E-state index contributed by atoms with van der Waals surface area (Å²) in [6.07, 6.45) is 0.430. The Hall–Kier alpha value is -0.860. The molecule has 22 heavy (non-hydrogen) atoms. The van der Waals surface area contributed by atoms with Gasteiger partial charge in [0.2, 0.25) is 11.8 Å². The second-order valence-electron chi connectivity index (χ2n) is 5.79. The van der Waals surface area contributed by atoms with Crippen LogP contribution in [0.5, 0.6) is 0 Å². The number of rotatable bonds is 6. The molecule has 1 heterocycles. The molecule has 9 heteroatoms. The van der Waals surface area contributed by atoms with E-state index in [1.807, 2.05) is 13.8 Å². The highest BCUT2D eigenvalue weighted by molar-refractivity contribution is 7.91. The van der Waals surface area contributed by atoms with Crippen LogP contribution in [0.4, 0.5) is 0 Å². The van der Waals surface area contributed by atoms with Crippen molar-refractivity contribution in [2.45, 2.75) is 39.3 Å². The van der Waals surface area contributed by atoms with Gasteiger partial charge in [-0.05, 0) is 19.3 Å². The Morgan fingerprint density at radius 2 is 1.95 bits per heavy atom. The molecule has 0 aromatic heterocycles. The molecular weight excluding hydrogens is 330 g/mol. The van der Waals surface area contributed by atoms with Crippen LogP contribution < -0.4 is 11.1 Å². The molecule has 1 saturated heterocycles. The third-order valence-electron chi connectivity index (χ3n) is 3.63. The first-order valence-corrected chi connectivity index (χ1v) is 9.02. The number of nitrogens with one attached hydrogen (secondary N) is 1. The minimum atomic E-state index is -3.03. The summed E-state index contributed by atoms with van der Waals surface area (Å²) in [5.41, 5.74) is 5.81.